The molecule has 22 heavy (non-hydrogen) atoms. The third kappa shape index (κ3) is 2.56. The normalized spacial score (nSPS) is 27.8. The second kappa shape index (κ2) is 5.64. The molecule has 1 fully saturated rings. The number of Topliss-reactive ketones (excluding diaryl/α,β-unsaturated/α-hetero) is 1. The fourth-order valence-electron chi connectivity index (χ4n) is 2.51. The number of ketones is 1. The molecule has 1 aliphatic heterocycles. The largest absolute Gasteiger partial charge is 0.394 e. The molecule has 8 heteroatoms. The summed E-state index contributed by atoms with van der Waals surface area (Å²) < 4.78 is 6.52. The Bertz CT molecular complexity index is 734. The second-order valence-corrected chi connectivity index (χ2v) is 5.48. The Morgan fingerprint density at radius 2 is 2.23 bits per heavy atom. The molecule has 1 aliphatic rings. The van der Waals surface area contributed by atoms with E-state index in [1.807, 2.05) is 0 Å². The Morgan fingerprint density at radius 1 is 1.59 bits per heavy atom. The molecule has 2 rings (SSSR count). The van der Waals surface area contributed by atoms with Crippen LogP contribution in [0.1, 0.15) is 25.1 Å². The van der Waals surface area contributed by atoms with Crippen molar-refractivity contribution >= 4 is 5.78 Å². The van der Waals surface area contributed by atoms with Crippen molar-refractivity contribution in [3.63, 3.8) is 0 Å². The average Bonchev–Trinajstić information content (AvgIpc) is 2.79. The van der Waals surface area contributed by atoms with Crippen LogP contribution in [0.2, 0.25) is 0 Å². The van der Waals surface area contributed by atoms with Crippen LogP contribution in [0.5, 0.6) is 0 Å². The minimum absolute atomic E-state index is 0.121. The van der Waals surface area contributed by atoms with E-state index in [1.165, 1.54) is 20.0 Å². The molecule has 1 saturated heterocycles. The summed E-state index contributed by atoms with van der Waals surface area (Å²) >= 11 is 0. The van der Waals surface area contributed by atoms with E-state index in [4.69, 9.17) is 4.74 Å². The summed E-state index contributed by atoms with van der Waals surface area (Å²) in [5, 5.41) is 19.9. The number of aromatic amines is 1. The highest BCUT2D eigenvalue weighted by Crippen LogP contribution is 2.37. The van der Waals surface area contributed by atoms with Crippen molar-refractivity contribution in [3.05, 3.63) is 44.8 Å². The molecule has 0 unspecified atom stereocenters. The maximum absolute atomic E-state index is 12.1. The van der Waals surface area contributed by atoms with Gasteiger partial charge < -0.3 is 14.9 Å². The number of aromatic nitrogens is 2. The number of nitrogens with zero attached hydrogens (tertiary/aromatic N) is 1. The Kier molecular flexibility index (Phi) is 4.19. The number of aryl methyl sites for hydroxylation is 1. The molecule has 1 aromatic heterocycles. The molecule has 3 N–H and O–H groups in total. The lowest BCUT2D eigenvalue weighted by atomic mass is 9.87. The predicted octanol–water partition coefficient (Wildman–Crippen LogP) is -0.999. The van der Waals surface area contributed by atoms with Gasteiger partial charge in [0.1, 0.15) is 12.3 Å². The van der Waals surface area contributed by atoms with Crippen molar-refractivity contribution in [2.45, 2.75) is 38.2 Å². The Labute approximate surface area is 125 Å². The minimum atomic E-state index is -1.96. The van der Waals surface area contributed by atoms with Gasteiger partial charge >= 0.3 is 5.69 Å². The quantitative estimate of drug-likeness (QED) is 0.613. The maximum Gasteiger partial charge on any atom is 0.330 e. The van der Waals surface area contributed by atoms with E-state index in [-0.39, 0.29) is 17.6 Å². The number of hydrogen-bond acceptors (Lipinski definition) is 6. The van der Waals surface area contributed by atoms with Crippen LogP contribution < -0.4 is 11.2 Å². The van der Waals surface area contributed by atoms with Crippen molar-refractivity contribution in [2.75, 3.05) is 6.61 Å². The molecule has 0 bridgehead atoms. The van der Waals surface area contributed by atoms with Crippen LogP contribution in [0.3, 0.4) is 0 Å². The van der Waals surface area contributed by atoms with Gasteiger partial charge in [0.05, 0.1) is 6.61 Å². The summed E-state index contributed by atoms with van der Waals surface area (Å²) in [6, 6.07) is 0. The highest BCUT2D eigenvalue weighted by atomic mass is 16.5. The van der Waals surface area contributed by atoms with E-state index in [9.17, 15) is 24.6 Å². The maximum atomic E-state index is 12.1. The van der Waals surface area contributed by atoms with Gasteiger partial charge in [0.15, 0.2) is 11.4 Å². The highest BCUT2D eigenvalue weighted by molar-refractivity contribution is 6.01. The molecular weight excluding hydrogens is 292 g/mol. The van der Waals surface area contributed by atoms with E-state index in [0.29, 0.717) is 0 Å². The summed E-state index contributed by atoms with van der Waals surface area (Å²) in [5.74, 6) is -0.650. The van der Waals surface area contributed by atoms with Crippen molar-refractivity contribution in [1.29, 1.82) is 0 Å². The van der Waals surface area contributed by atoms with Crippen LogP contribution in [-0.2, 0) is 9.53 Å². The molecule has 0 spiro atoms. The summed E-state index contributed by atoms with van der Waals surface area (Å²) in [6.07, 6.45) is -1.10. The highest BCUT2D eigenvalue weighted by Gasteiger charge is 2.53. The minimum Gasteiger partial charge on any atom is -0.394 e. The van der Waals surface area contributed by atoms with E-state index in [0.717, 1.165) is 4.57 Å². The van der Waals surface area contributed by atoms with Gasteiger partial charge in [0, 0.05) is 18.2 Å². The first-order chi connectivity index (χ1) is 10.2. The van der Waals surface area contributed by atoms with Crippen LogP contribution in [0.15, 0.2) is 27.9 Å². The van der Waals surface area contributed by atoms with E-state index < -0.39 is 41.6 Å². The number of carbonyl (C=O) groups excluding carboxylic acids is 1. The number of aliphatic hydroxyl groups excluding tert-OH is 1. The number of H-pyrrole nitrogens is 1. The van der Waals surface area contributed by atoms with Crippen molar-refractivity contribution in [2.24, 2.45) is 0 Å². The monoisotopic (exact) mass is 310 g/mol. The molecule has 3 atom stereocenters. The lowest BCUT2D eigenvalue weighted by molar-refractivity contribution is -0.142. The number of rotatable bonds is 4. The van der Waals surface area contributed by atoms with Gasteiger partial charge in [-0.05, 0) is 19.4 Å². The molecule has 0 saturated carbocycles. The third-order valence-electron chi connectivity index (χ3n) is 3.74. The van der Waals surface area contributed by atoms with Gasteiger partial charge in [0.25, 0.3) is 5.56 Å². The first-order valence-corrected chi connectivity index (χ1v) is 6.71. The molecule has 2 heterocycles. The van der Waals surface area contributed by atoms with Crippen LogP contribution in [0.25, 0.3) is 0 Å². The SMILES string of the molecule is C=C(C)C(=O)[C@]1(O)C[C@H](n2cc(C)c(=O)[nH]c2=O)O[C@@H]1CO. The van der Waals surface area contributed by atoms with Crippen LogP contribution in [0.4, 0.5) is 0 Å². The van der Waals surface area contributed by atoms with Crippen molar-refractivity contribution in [3.8, 4) is 0 Å². The second-order valence-electron chi connectivity index (χ2n) is 5.48. The van der Waals surface area contributed by atoms with Gasteiger partial charge in [-0.3, -0.25) is 19.1 Å². The molecule has 1 aromatic rings. The molecule has 120 valence electrons. The van der Waals surface area contributed by atoms with Gasteiger partial charge in [-0.25, -0.2) is 4.79 Å². The zero-order valence-electron chi connectivity index (χ0n) is 12.3. The first kappa shape index (κ1) is 16.3. The summed E-state index contributed by atoms with van der Waals surface area (Å²) in [5.41, 5.74) is -2.80. The van der Waals surface area contributed by atoms with Crippen LogP contribution in [0, 0.1) is 6.92 Å². The fraction of sp³-hybridized carbons (Fsp3) is 0.500. The van der Waals surface area contributed by atoms with E-state index >= 15 is 0 Å². The van der Waals surface area contributed by atoms with Gasteiger partial charge in [-0.15, -0.1) is 0 Å². The predicted molar refractivity (Wildman–Crippen MR) is 76.4 cm³/mol. The number of nitrogens with one attached hydrogen (secondary N) is 1. The first-order valence-electron chi connectivity index (χ1n) is 6.71. The van der Waals surface area contributed by atoms with Crippen molar-refractivity contribution < 1.29 is 19.7 Å². The lowest BCUT2D eigenvalue weighted by Gasteiger charge is -2.25. The summed E-state index contributed by atoms with van der Waals surface area (Å²) in [4.78, 5) is 37.5. The fourth-order valence-corrected chi connectivity index (χ4v) is 2.51. The molecule has 0 aliphatic carbocycles. The third-order valence-corrected chi connectivity index (χ3v) is 3.74. The lowest BCUT2D eigenvalue weighted by Crippen LogP contribution is -2.48. The number of carbonyl (C=O) groups is 1. The van der Waals surface area contributed by atoms with Crippen LogP contribution >= 0.6 is 0 Å². The Balaban J connectivity index is 2.43. The number of hydrogen-bond donors (Lipinski definition) is 3. The summed E-state index contributed by atoms with van der Waals surface area (Å²) in [7, 11) is 0. The van der Waals surface area contributed by atoms with Crippen LogP contribution in [-0.4, -0.2) is 43.9 Å². The van der Waals surface area contributed by atoms with Gasteiger partial charge in [0.2, 0.25) is 0 Å². The topological polar surface area (TPSA) is 122 Å². The van der Waals surface area contributed by atoms with E-state index in [1.54, 1.807) is 0 Å². The molecule has 0 amide bonds. The van der Waals surface area contributed by atoms with Crippen molar-refractivity contribution in [1.82, 2.24) is 9.55 Å². The Morgan fingerprint density at radius 3 is 2.77 bits per heavy atom. The molecule has 8 nitrogen and oxygen atoms in total. The number of aliphatic hydroxyl groups is 2. The van der Waals surface area contributed by atoms with Gasteiger partial charge in [-0.1, -0.05) is 6.58 Å². The average molecular weight is 310 g/mol. The molecule has 0 aromatic carbocycles. The Hall–Kier alpha value is -2.03. The number of ether oxygens (including phenoxy) is 1. The summed E-state index contributed by atoms with van der Waals surface area (Å²) in [6.45, 7) is 5.85. The standard InChI is InChI=1S/C14H18N2O6/c1-7(2)11(18)14(21)4-10(22-9(14)6-17)16-5-8(3)12(19)15-13(16)20/h5,9-10,17,21H,1,4,6H2,2-3H3,(H,15,19,20)/t9-,10-,14+/m1/s1. The van der Waals surface area contributed by atoms with Gasteiger partial charge in [-0.2, -0.15) is 0 Å². The zero-order chi connectivity index (χ0) is 16.7. The zero-order valence-corrected chi connectivity index (χ0v) is 12.3. The molecular formula is C14H18N2O6. The smallest absolute Gasteiger partial charge is 0.330 e. The van der Waals surface area contributed by atoms with E-state index in [2.05, 4.69) is 11.6 Å². The molecule has 0 radical (unpaired) electrons.